The molecule has 0 atom stereocenters. The van der Waals surface area contributed by atoms with Crippen LogP contribution in [0, 0.1) is 10.1 Å². The number of nitro groups is 1. The molecule has 0 radical (unpaired) electrons. The molecule has 1 amide bonds. The van der Waals surface area contributed by atoms with Crippen molar-refractivity contribution in [2.75, 3.05) is 19.0 Å². The van der Waals surface area contributed by atoms with Crippen LogP contribution in [0.15, 0.2) is 90.0 Å². The molecule has 4 rings (SSSR count). The molecule has 0 bridgehead atoms. The van der Waals surface area contributed by atoms with Gasteiger partial charge in [0.25, 0.3) is 11.6 Å². The molecule has 2 N–H and O–H groups in total. The van der Waals surface area contributed by atoms with E-state index in [0.717, 1.165) is 27.6 Å². The Hall–Kier alpha value is -4.92. The number of fused-ring (bicyclic) bond motifs is 1. The fourth-order valence-corrected chi connectivity index (χ4v) is 3.49. The lowest BCUT2D eigenvalue weighted by atomic mass is 10.1. The van der Waals surface area contributed by atoms with Gasteiger partial charge in [-0.3, -0.25) is 14.9 Å². The number of hydrogen-bond donors (Lipinski definition) is 2. The highest BCUT2D eigenvalue weighted by Gasteiger charge is 2.08. The van der Waals surface area contributed by atoms with E-state index in [2.05, 4.69) is 15.8 Å². The number of ether oxygens (including phenoxy) is 2. The van der Waals surface area contributed by atoms with Crippen molar-refractivity contribution in [2.24, 2.45) is 5.10 Å². The minimum Gasteiger partial charge on any atom is -0.496 e. The quantitative estimate of drug-likeness (QED) is 0.188. The predicted molar refractivity (Wildman–Crippen MR) is 139 cm³/mol. The standard InChI is InChI=1S/C27H24N4O5/c1-35-26-14-19(6-7-22(26)18-36-25-12-10-24(11-13-25)31(33)34)16-29-30-27(32)17-28-23-9-8-20-4-2-3-5-21(20)15-23/h2-16,28H,17-18H2,1H3,(H,30,32)/b29-16-. The highest BCUT2D eigenvalue weighted by molar-refractivity contribution is 5.87. The molecular weight excluding hydrogens is 460 g/mol. The van der Waals surface area contributed by atoms with E-state index in [1.54, 1.807) is 25.3 Å². The van der Waals surface area contributed by atoms with Gasteiger partial charge in [-0.1, -0.05) is 42.5 Å². The number of anilines is 1. The number of methoxy groups -OCH3 is 1. The van der Waals surface area contributed by atoms with Crippen molar-refractivity contribution in [3.63, 3.8) is 0 Å². The lowest BCUT2D eigenvalue weighted by molar-refractivity contribution is -0.384. The van der Waals surface area contributed by atoms with Crippen molar-refractivity contribution >= 4 is 34.3 Å². The normalized spacial score (nSPS) is 10.8. The Morgan fingerprint density at radius 3 is 2.53 bits per heavy atom. The summed E-state index contributed by atoms with van der Waals surface area (Å²) in [5.74, 6) is 0.818. The number of amides is 1. The minimum absolute atomic E-state index is 0.000120. The summed E-state index contributed by atoms with van der Waals surface area (Å²) in [4.78, 5) is 22.5. The highest BCUT2D eigenvalue weighted by atomic mass is 16.6. The molecule has 0 spiro atoms. The van der Waals surface area contributed by atoms with Gasteiger partial charge >= 0.3 is 0 Å². The molecule has 0 heterocycles. The van der Waals surface area contributed by atoms with Crippen LogP contribution in [0.2, 0.25) is 0 Å². The summed E-state index contributed by atoms with van der Waals surface area (Å²) in [6.07, 6.45) is 1.53. The van der Waals surface area contributed by atoms with Gasteiger partial charge in [0.15, 0.2) is 0 Å². The molecule has 9 nitrogen and oxygen atoms in total. The van der Waals surface area contributed by atoms with Gasteiger partial charge in [0.05, 0.1) is 24.8 Å². The number of hydrogen-bond acceptors (Lipinski definition) is 7. The third-order valence-corrected chi connectivity index (χ3v) is 5.36. The SMILES string of the molecule is COc1cc(/C=N\NC(=O)CNc2ccc3ccccc3c2)ccc1COc1ccc([N+](=O)[O-])cc1. The van der Waals surface area contributed by atoms with E-state index in [4.69, 9.17) is 9.47 Å². The van der Waals surface area contributed by atoms with Gasteiger partial charge in [0, 0.05) is 23.4 Å². The Morgan fingerprint density at radius 1 is 1.00 bits per heavy atom. The maximum Gasteiger partial charge on any atom is 0.269 e. The summed E-state index contributed by atoms with van der Waals surface area (Å²) in [5, 5.41) is 20.1. The Labute approximate surface area is 207 Å². The van der Waals surface area contributed by atoms with Crippen LogP contribution in [-0.2, 0) is 11.4 Å². The van der Waals surface area contributed by atoms with Gasteiger partial charge in [0.2, 0.25) is 0 Å². The number of nitrogens with zero attached hydrogens (tertiary/aromatic N) is 2. The molecule has 0 saturated carbocycles. The number of carbonyl (C=O) groups is 1. The van der Waals surface area contributed by atoms with Crippen LogP contribution in [0.3, 0.4) is 0 Å². The van der Waals surface area contributed by atoms with Crippen molar-refractivity contribution < 1.29 is 19.2 Å². The maximum absolute atomic E-state index is 12.2. The van der Waals surface area contributed by atoms with Crippen molar-refractivity contribution in [3.8, 4) is 11.5 Å². The fourth-order valence-electron chi connectivity index (χ4n) is 3.49. The lowest BCUT2D eigenvalue weighted by Crippen LogP contribution is -2.25. The van der Waals surface area contributed by atoms with E-state index in [-0.39, 0.29) is 24.7 Å². The average Bonchev–Trinajstić information content (AvgIpc) is 2.91. The summed E-state index contributed by atoms with van der Waals surface area (Å²) >= 11 is 0. The van der Waals surface area contributed by atoms with Crippen LogP contribution >= 0.6 is 0 Å². The van der Waals surface area contributed by atoms with Crippen LogP contribution in [-0.4, -0.2) is 30.7 Å². The fraction of sp³-hybridized carbons (Fsp3) is 0.111. The monoisotopic (exact) mass is 484 g/mol. The Bertz CT molecular complexity index is 1400. The molecule has 0 unspecified atom stereocenters. The highest BCUT2D eigenvalue weighted by Crippen LogP contribution is 2.23. The number of non-ortho nitro benzene ring substituents is 1. The van der Waals surface area contributed by atoms with Crippen molar-refractivity contribution in [1.82, 2.24) is 5.43 Å². The average molecular weight is 485 g/mol. The van der Waals surface area contributed by atoms with Crippen LogP contribution < -0.4 is 20.2 Å². The lowest BCUT2D eigenvalue weighted by Gasteiger charge is -2.11. The van der Waals surface area contributed by atoms with E-state index in [0.29, 0.717) is 11.5 Å². The number of nitro benzene ring substituents is 1. The van der Waals surface area contributed by atoms with Crippen molar-refractivity contribution in [1.29, 1.82) is 0 Å². The number of rotatable bonds is 10. The first-order valence-electron chi connectivity index (χ1n) is 11.1. The topological polar surface area (TPSA) is 115 Å². The molecule has 36 heavy (non-hydrogen) atoms. The summed E-state index contributed by atoms with van der Waals surface area (Å²) < 4.78 is 11.2. The number of hydrazone groups is 1. The van der Waals surface area contributed by atoms with Crippen LogP contribution in [0.5, 0.6) is 11.5 Å². The van der Waals surface area contributed by atoms with E-state index in [1.165, 1.54) is 18.3 Å². The molecule has 4 aromatic rings. The number of carbonyl (C=O) groups excluding carboxylic acids is 1. The van der Waals surface area contributed by atoms with Gasteiger partial charge in [-0.15, -0.1) is 0 Å². The third-order valence-electron chi connectivity index (χ3n) is 5.36. The van der Waals surface area contributed by atoms with E-state index < -0.39 is 4.92 Å². The molecule has 0 saturated heterocycles. The zero-order valence-electron chi connectivity index (χ0n) is 19.5. The summed E-state index contributed by atoms with van der Waals surface area (Å²) in [6.45, 7) is 0.299. The van der Waals surface area contributed by atoms with E-state index in [9.17, 15) is 14.9 Å². The first-order chi connectivity index (χ1) is 17.5. The minimum atomic E-state index is -0.461. The van der Waals surface area contributed by atoms with Crippen molar-refractivity contribution in [3.05, 3.63) is 106 Å². The maximum atomic E-state index is 12.2. The van der Waals surface area contributed by atoms with Crippen LogP contribution in [0.4, 0.5) is 11.4 Å². The molecule has 9 heteroatoms. The molecule has 0 aromatic heterocycles. The molecule has 0 aliphatic rings. The Morgan fingerprint density at radius 2 is 1.78 bits per heavy atom. The molecule has 182 valence electrons. The molecule has 0 aliphatic carbocycles. The van der Waals surface area contributed by atoms with Gasteiger partial charge in [0.1, 0.15) is 18.1 Å². The second-order valence-electron chi connectivity index (χ2n) is 7.82. The van der Waals surface area contributed by atoms with Gasteiger partial charge < -0.3 is 14.8 Å². The molecule has 0 aliphatic heterocycles. The Kier molecular flexibility index (Phi) is 7.72. The molecular formula is C27H24N4O5. The first kappa shape index (κ1) is 24.2. The molecule has 4 aromatic carbocycles. The smallest absolute Gasteiger partial charge is 0.269 e. The predicted octanol–water partition coefficient (Wildman–Crippen LogP) is 4.90. The zero-order chi connectivity index (χ0) is 25.3. The van der Waals surface area contributed by atoms with Gasteiger partial charge in [-0.2, -0.15) is 5.10 Å². The second kappa shape index (κ2) is 11.5. The Balaban J connectivity index is 1.28. The van der Waals surface area contributed by atoms with E-state index >= 15 is 0 Å². The number of nitrogens with one attached hydrogen (secondary N) is 2. The second-order valence-corrected chi connectivity index (χ2v) is 7.82. The van der Waals surface area contributed by atoms with Crippen molar-refractivity contribution in [2.45, 2.75) is 6.61 Å². The van der Waals surface area contributed by atoms with Gasteiger partial charge in [-0.25, -0.2) is 5.43 Å². The summed E-state index contributed by atoms with van der Waals surface area (Å²) in [7, 11) is 1.55. The number of benzene rings is 4. The largest absolute Gasteiger partial charge is 0.496 e. The zero-order valence-corrected chi connectivity index (χ0v) is 19.5. The summed E-state index contributed by atoms with van der Waals surface area (Å²) in [6, 6.07) is 25.2. The third kappa shape index (κ3) is 6.35. The van der Waals surface area contributed by atoms with Gasteiger partial charge in [-0.05, 0) is 46.7 Å². The van der Waals surface area contributed by atoms with E-state index in [1.807, 2.05) is 54.6 Å². The van der Waals surface area contributed by atoms with Crippen LogP contribution in [0.1, 0.15) is 11.1 Å². The van der Waals surface area contributed by atoms with Crippen LogP contribution in [0.25, 0.3) is 10.8 Å². The first-order valence-corrected chi connectivity index (χ1v) is 11.1. The summed E-state index contributed by atoms with van der Waals surface area (Å²) in [5.41, 5.74) is 4.87. The molecule has 0 fully saturated rings.